The van der Waals surface area contributed by atoms with Crippen LogP contribution in [-0.4, -0.2) is 27.8 Å². The molecule has 29 heavy (non-hydrogen) atoms. The van der Waals surface area contributed by atoms with Gasteiger partial charge in [0.1, 0.15) is 0 Å². The van der Waals surface area contributed by atoms with Gasteiger partial charge in [0.15, 0.2) is 4.34 Å². The lowest BCUT2D eigenvalue weighted by atomic mass is 10.1. The van der Waals surface area contributed by atoms with Crippen LogP contribution < -0.4 is 10.6 Å². The van der Waals surface area contributed by atoms with E-state index in [-0.39, 0.29) is 11.7 Å². The molecular weight excluding hydrogens is 451 g/mol. The SMILES string of the molecule is Cc1cccc(NC(=O)CSc2nnc(NC(=O)c3cc(Cl)cc(Cl)c3)s2)c1C. The number of aromatic nitrogens is 2. The number of carbonyl (C=O) groups is 2. The van der Waals surface area contributed by atoms with Gasteiger partial charge in [0.2, 0.25) is 11.0 Å². The summed E-state index contributed by atoms with van der Waals surface area (Å²) in [7, 11) is 0. The molecule has 2 aromatic carbocycles. The van der Waals surface area contributed by atoms with E-state index in [0.29, 0.717) is 25.1 Å². The van der Waals surface area contributed by atoms with Gasteiger partial charge in [-0.3, -0.25) is 14.9 Å². The van der Waals surface area contributed by atoms with Crippen LogP contribution in [0.3, 0.4) is 0 Å². The van der Waals surface area contributed by atoms with Crippen molar-refractivity contribution in [2.45, 2.75) is 18.2 Å². The number of aryl methyl sites for hydroxylation is 1. The van der Waals surface area contributed by atoms with Gasteiger partial charge in [-0.25, -0.2) is 0 Å². The number of rotatable bonds is 6. The Morgan fingerprint density at radius 2 is 1.79 bits per heavy atom. The van der Waals surface area contributed by atoms with Crippen molar-refractivity contribution < 1.29 is 9.59 Å². The summed E-state index contributed by atoms with van der Waals surface area (Å²) in [5, 5.41) is 14.5. The lowest BCUT2D eigenvalue weighted by Crippen LogP contribution is -2.15. The van der Waals surface area contributed by atoms with Crippen LogP contribution in [-0.2, 0) is 4.79 Å². The average Bonchev–Trinajstić information content (AvgIpc) is 3.10. The van der Waals surface area contributed by atoms with Crippen molar-refractivity contribution in [1.82, 2.24) is 10.2 Å². The molecule has 1 heterocycles. The Morgan fingerprint density at radius 3 is 2.52 bits per heavy atom. The number of hydrogen-bond acceptors (Lipinski definition) is 6. The minimum Gasteiger partial charge on any atom is -0.325 e. The number of hydrogen-bond donors (Lipinski definition) is 2. The second-order valence-electron chi connectivity index (χ2n) is 6.07. The molecule has 2 amide bonds. The smallest absolute Gasteiger partial charge is 0.257 e. The van der Waals surface area contributed by atoms with Crippen LogP contribution in [0.4, 0.5) is 10.8 Å². The number of benzene rings is 2. The van der Waals surface area contributed by atoms with E-state index in [4.69, 9.17) is 23.2 Å². The van der Waals surface area contributed by atoms with Crippen LogP contribution in [0.25, 0.3) is 0 Å². The molecule has 0 radical (unpaired) electrons. The Kier molecular flexibility index (Phi) is 7.13. The molecular formula is C19H16Cl2N4O2S2. The van der Waals surface area contributed by atoms with E-state index in [9.17, 15) is 9.59 Å². The van der Waals surface area contributed by atoms with Gasteiger partial charge in [0, 0.05) is 21.3 Å². The maximum absolute atomic E-state index is 12.3. The molecule has 0 fully saturated rings. The first-order valence-corrected chi connectivity index (χ1v) is 11.0. The second-order valence-corrected chi connectivity index (χ2v) is 9.14. The fourth-order valence-electron chi connectivity index (χ4n) is 2.37. The highest BCUT2D eigenvalue weighted by molar-refractivity contribution is 8.01. The predicted molar refractivity (Wildman–Crippen MR) is 120 cm³/mol. The summed E-state index contributed by atoms with van der Waals surface area (Å²) in [5.74, 6) is -0.354. The van der Waals surface area contributed by atoms with Gasteiger partial charge in [0.05, 0.1) is 5.75 Å². The van der Waals surface area contributed by atoms with Crippen LogP contribution in [0, 0.1) is 13.8 Å². The van der Waals surface area contributed by atoms with E-state index >= 15 is 0 Å². The van der Waals surface area contributed by atoms with E-state index in [1.807, 2.05) is 32.0 Å². The lowest BCUT2D eigenvalue weighted by molar-refractivity contribution is -0.113. The number of amides is 2. The van der Waals surface area contributed by atoms with Crippen LogP contribution >= 0.6 is 46.3 Å². The number of halogens is 2. The molecule has 0 unspecified atom stereocenters. The summed E-state index contributed by atoms with van der Waals surface area (Å²) in [6.07, 6.45) is 0. The maximum Gasteiger partial charge on any atom is 0.257 e. The molecule has 0 saturated heterocycles. The number of nitrogens with zero attached hydrogens (tertiary/aromatic N) is 2. The summed E-state index contributed by atoms with van der Waals surface area (Å²) in [4.78, 5) is 24.5. The van der Waals surface area contributed by atoms with Crippen molar-refractivity contribution in [2.75, 3.05) is 16.4 Å². The molecule has 0 aliphatic heterocycles. The number of nitrogens with one attached hydrogen (secondary N) is 2. The molecule has 0 spiro atoms. The van der Waals surface area contributed by atoms with Crippen molar-refractivity contribution in [2.24, 2.45) is 0 Å². The Hall–Kier alpha value is -2.13. The van der Waals surface area contributed by atoms with Gasteiger partial charge in [-0.15, -0.1) is 10.2 Å². The number of anilines is 2. The molecule has 3 rings (SSSR count). The normalized spacial score (nSPS) is 10.6. The van der Waals surface area contributed by atoms with E-state index < -0.39 is 5.91 Å². The lowest BCUT2D eigenvalue weighted by Gasteiger charge is -2.09. The molecule has 2 N–H and O–H groups in total. The molecule has 10 heteroatoms. The number of thioether (sulfide) groups is 1. The highest BCUT2D eigenvalue weighted by Gasteiger charge is 2.13. The second kappa shape index (κ2) is 9.58. The Balaban J connectivity index is 1.55. The highest BCUT2D eigenvalue weighted by atomic mass is 35.5. The molecule has 0 bridgehead atoms. The van der Waals surface area contributed by atoms with Gasteiger partial charge >= 0.3 is 0 Å². The van der Waals surface area contributed by atoms with E-state index in [1.165, 1.54) is 35.2 Å². The van der Waals surface area contributed by atoms with Crippen molar-refractivity contribution in [3.63, 3.8) is 0 Å². The Morgan fingerprint density at radius 1 is 1.07 bits per heavy atom. The topological polar surface area (TPSA) is 84.0 Å². The van der Waals surface area contributed by atoms with Gasteiger partial charge < -0.3 is 5.32 Å². The van der Waals surface area contributed by atoms with E-state index in [1.54, 1.807) is 6.07 Å². The first kappa shape index (κ1) is 21.6. The molecule has 0 atom stereocenters. The van der Waals surface area contributed by atoms with Crippen LogP contribution in [0.15, 0.2) is 40.7 Å². The first-order chi connectivity index (χ1) is 13.8. The monoisotopic (exact) mass is 466 g/mol. The average molecular weight is 467 g/mol. The first-order valence-electron chi connectivity index (χ1n) is 8.41. The van der Waals surface area contributed by atoms with E-state index in [2.05, 4.69) is 20.8 Å². The van der Waals surface area contributed by atoms with Crippen LogP contribution in [0.1, 0.15) is 21.5 Å². The van der Waals surface area contributed by atoms with Crippen molar-refractivity contribution in [1.29, 1.82) is 0 Å². The quantitative estimate of drug-likeness (QED) is 0.372. The van der Waals surface area contributed by atoms with Crippen molar-refractivity contribution in [3.05, 3.63) is 63.1 Å². The van der Waals surface area contributed by atoms with Crippen LogP contribution in [0.2, 0.25) is 10.0 Å². The molecule has 0 aliphatic rings. The fourth-order valence-corrected chi connectivity index (χ4v) is 4.45. The molecule has 3 aromatic rings. The van der Waals surface area contributed by atoms with Gasteiger partial charge in [0.25, 0.3) is 5.91 Å². The zero-order valence-electron chi connectivity index (χ0n) is 15.5. The minimum atomic E-state index is -0.394. The van der Waals surface area contributed by atoms with Gasteiger partial charge in [-0.2, -0.15) is 0 Å². The summed E-state index contributed by atoms with van der Waals surface area (Å²) in [6.45, 7) is 3.96. The summed E-state index contributed by atoms with van der Waals surface area (Å²) >= 11 is 14.3. The molecule has 150 valence electrons. The summed E-state index contributed by atoms with van der Waals surface area (Å²) < 4.78 is 0.570. The van der Waals surface area contributed by atoms with Gasteiger partial charge in [-0.05, 0) is 49.2 Å². The predicted octanol–water partition coefficient (Wildman–Crippen LogP) is 5.44. The summed E-state index contributed by atoms with van der Waals surface area (Å²) in [5.41, 5.74) is 3.26. The highest BCUT2D eigenvalue weighted by Crippen LogP contribution is 2.27. The minimum absolute atomic E-state index is 0.141. The van der Waals surface area contributed by atoms with Crippen molar-refractivity contribution in [3.8, 4) is 0 Å². The maximum atomic E-state index is 12.3. The standard InChI is InChI=1S/C19H16Cl2N4O2S2/c1-10-4-3-5-15(11(10)2)22-16(26)9-28-19-25-24-18(29-19)23-17(27)12-6-13(20)8-14(21)7-12/h3-8H,9H2,1-2H3,(H,22,26)(H,23,24,27). The Bertz CT molecular complexity index is 1050. The zero-order chi connectivity index (χ0) is 21.0. The molecule has 0 aliphatic carbocycles. The fraction of sp³-hybridized carbons (Fsp3) is 0.158. The molecule has 0 saturated carbocycles. The third kappa shape index (κ3) is 5.93. The molecule has 6 nitrogen and oxygen atoms in total. The number of carbonyl (C=O) groups excluding carboxylic acids is 2. The van der Waals surface area contributed by atoms with Crippen LogP contribution in [0.5, 0.6) is 0 Å². The third-order valence-electron chi connectivity index (χ3n) is 3.96. The largest absolute Gasteiger partial charge is 0.325 e. The van der Waals surface area contributed by atoms with E-state index in [0.717, 1.165) is 16.8 Å². The summed E-state index contributed by atoms with van der Waals surface area (Å²) in [6, 6.07) is 10.3. The van der Waals surface area contributed by atoms with Gasteiger partial charge in [-0.1, -0.05) is 58.4 Å². The Labute approximate surface area is 186 Å². The molecule has 1 aromatic heterocycles. The van der Waals surface area contributed by atoms with Crippen molar-refractivity contribution >= 4 is 68.9 Å². The zero-order valence-corrected chi connectivity index (χ0v) is 18.6. The third-order valence-corrected chi connectivity index (χ3v) is 6.37.